The number of para-hydroxylation sites is 1. The van der Waals surface area contributed by atoms with E-state index in [1.807, 2.05) is 24.3 Å². The smallest absolute Gasteiger partial charge is 0.307 e. The summed E-state index contributed by atoms with van der Waals surface area (Å²) in [5, 5.41) is 12.4. The van der Waals surface area contributed by atoms with Gasteiger partial charge in [0.1, 0.15) is 5.75 Å². The summed E-state index contributed by atoms with van der Waals surface area (Å²) in [7, 11) is 0. The highest BCUT2D eigenvalue weighted by molar-refractivity contribution is 5.75. The van der Waals surface area contributed by atoms with E-state index in [0.29, 0.717) is 0 Å². The second-order valence-electron chi connectivity index (χ2n) is 6.27. The minimum atomic E-state index is -0.685. The standard InChI is InChI=1S/C19H19NO3/c21-19(22)17-10-16(17)12-4-6-15(7-5-12)20-11-14-3-1-2-13-8-9-23-18(13)14/h1-7,16-17,20H,8-11H2,(H,21,22)/t16-,17+/m0/s1. The molecule has 4 rings (SSSR count). The van der Waals surface area contributed by atoms with E-state index in [0.717, 1.165) is 43.0 Å². The summed E-state index contributed by atoms with van der Waals surface area (Å²) < 4.78 is 5.72. The van der Waals surface area contributed by atoms with Crippen molar-refractivity contribution in [3.63, 3.8) is 0 Å². The van der Waals surface area contributed by atoms with Gasteiger partial charge in [-0.25, -0.2) is 0 Å². The number of fused-ring (bicyclic) bond motifs is 1. The molecule has 0 bridgehead atoms. The van der Waals surface area contributed by atoms with Crippen LogP contribution in [0.3, 0.4) is 0 Å². The third kappa shape index (κ3) is 2.77. The van der Waals surface area contributed by atoms with E-state index >= 15 is 0 Å². The molecule has 2 aliphatic rings. The van der Waals surface area contributed by atoms with Gasteiger partial charge < -0.3 is 15.2 Å². The first-order valence-corrected chi connectivity index (χ1v) is 8.02. The summed E-state index contributed by atoms with van der Waals surface area (Å²) in [6.45, 7) is 1.50. The van der Waals surface area contributed by atoms with Gasteiger partial charge in [0.05, 0.1) is 12.5 Å². The zero-order valence-corrected chi connectivity index (χ0v) is 12.8. The first kappa shape index (κ1) is 14.1. The van der Waals surface area contributed by atoms with Crippen LogP contribution in [0.25, 0.3) is 0 Å². The van der Waals surface area contributed by atoms with Crippen molar-refractivity contribution in [1.29, 1.82) is 0 Å². The number of carbonyl (C=O) groups is 1. The molecule has 4 nitrogen and oxygen atoms in total. The molecule has 2 aromatic carbocycles. The van der Waals surface area contributed by atoms with Gasteiger partial charge in [0, 0.05) is 24.2 Å². The molecule has 0 amide bonds. The van der Waals surface area contributed by atoms with Crippen LogP contribution < -0.4 is 10.1 Å². The normalized spacial score (nSPS) is 21.4. The molecule has 23 heavy (non-hydrogen) atoms. The number of hydrogen-bond donors (Lipinski definition) is 2. The van der Waals surface area contributed by atoms with Crippen LogP contribution in [0.1, 0.15) is 29.0 Å². The largest absolute Gasteiger partial charge is 0.493 e. The third-order valence-corrected chi connectivity index (χ3v) is 4.73. The van der Waals surface area contributed by atoms with E-state index < -0.39 is 5.97 Å². The van der Waals surface area contributed by atoms with E-state index in [2.05, 4.69) is 23.5 Å². The highest BCUT2D eigenvalue weighted by Crippen LogP contribution is 2.47. The van der Waals surface area contributed by atoms with Crippen molar-refractivity contribution in [2.24, 2.45) is 5.92 Å². The van der Waals surface area contributed by atoms with Crippen molar-refractivity contribution in [2.75, 3.05) is 11.9 Å². The Morgan fingerprint density at radius 3 is 2.78 bits per heavy atom. The van der Waals surface area contributed by atoms with Gasteiger partial charge in [0.2, 0.25) is 0 Å². The Balaban J connectivity index is 1.41. The maximum Gasteiger partial charge on any atom is 0.307 e. The fraction of sp³-hybridized carbons (Fsp3) is 0.316. The summed E-state index contributed by atoms with van der Waals surface area (Å²) >= 11 is 0. The Labute approximate surface area is 135 Å². The fourth-order valence-corrected chi connectivity index (χ4v) is 3.30. The molecule has 2 atom stereocenters. The highest BCUT2D eigenvalue weighted by Gasteiger charge is 2.43. The van der Waals surface area contributed by atoms with Crippen molar-refractivity contribution in [2.45, 2.75) is 25.3 Å². The lowest BCUT2D eigenvalue weighted by molar-refractivity contribution is -0.138. The molecule has 2 N–H and O–H groups in total. The first-order chi connectivity index (χ1) is 11.2. The first-order valence-electron chi connectivity index (χ1n) is 8.02. The molecule has 0 saturated heterocycles. The van der Waals surface area contributed by atoms with E-state index in [9.17, 15) is 4.79 Å². The molecule has 1 aliphatic heterocycles. The summed E-state index contributed by atoms with van der Waals surface area (Å²) in [5.41, 5.74) is 4.62. The van der Waals surface area contributed by atoms with Gasteiger partial charge in [-0.1, -0.05) is 30.3 Å². The lowest BCUT2D eigenvalue weighted by Crippen LogP contribution is -2.02. The number of ether oxygens (including phenoxy) is 1. The second-order valence-corrected chi connectivity index (χ2v) is 6.27. The zero-order chi connectivity index (χ0) is 15.8. The average Bonchev–Trinajstić information content (AvgIpc) is 3.23. The number of benzene rings is 2. The summed E-state index contributed by atoms with van der Waals surface area (Å²) in [5.74, 6) is 0.333. The molecule has 1 heterocycles. The maximum absolute atomic E-state index is 10.9. The molecule has 2 aromatic rings. The summed E-state index contributed by atoms with van der Waals surface area (Å²) in [4.78, 5) is 10.9. The number of anilines is 1. The average molecular weight is 309 g/mol. The summed E-state index contributed by atoms with van der Waals surface area (Å²) in [6.07, 6.45) is 1.75. The van der Waals surface area contributed by atoms with Gasteiger partial charge in [-0.3, -0.25) is 4.79 Å². The monoisotopic (exact) mass is 309 g/mol. The van der Waals surface area contributed by atoms with E-state index in [4.69, 9.17) is 9.84 Å². The molecule has 118 valence electrons. The molecule has 1 aliphatic carbocycles. The Kier molecular flexibility index (Phi) is 3.45. The van der Waals surface area contributed by atoms with Crippen molar-refractivity contribution in [3.8, 4) is 5.75 Å². The van der Waals surface area contributed by atoms with Gasteiger partial charge in [-0.05, 0) is 35.6 Å². The van der Waals surface area contributed by atoms with Crippen molar-refractivity contribution in [1.82, 2.24) is 0 Å². The van der Waals surface area contributed by atoms with Crippen molar-refractivity contribution >= 4 is 11.7 Å². The minimum absolute atomic E-state index is 0.187. The van der Waals surface area contributed by atoms with Crippen LogP contribution in [0.2, 0.25) is 0 Å². The van der Waals surface area contributed by atoms with Gasteiger partial charge in [-0.15, -0.1) is 0 Å². The SMILES string of the molecule is O=C(O)[C@@H]1C[C@H]1c1ccc(NCc2cccc3c2OCC3)cc1. The molecule has 0 spiro atoms. The van der Waals surface area contributed by atoms with Gasteiger partial charge >= 0.3 is 5.97 Å². The maximum atomic E-state index is 10.9. The van der Waals surface area contributed by atoms with Crippen molar-refractivity contribution < 1.29 is 14.6 Å². The lowest BCUT2D eigenvalue weighted by atomic mass is 10.1. The Morgan fingerprint density at radius 2 is 2.04 bits per heavy atom. The minimum Gasteiger partial charge on any atom is -0.493 e. The molecular weight excluding hydrogens is 290 g/mol. The predicted octanol–water partition coefficient (Wildman–Crippen LogP) is 3.42. The van der Waals surface area contributed by atoms with Crippen molar-refractivity contribution in [3.05, 3.63) is 59.2 Å². The van der Waals surface area contributed by atoms with Crippen LogP contribution in [-0.4, -0.2) is 17.7 Å². The fourth-order valence-electron chi connectivity index (χ4n) is 3.30. The molecule has 0 radical (unpaired) electrons. The van der Waals surface area contributed by atoms with Crippen LogP contribution in [0.15, 0.2) is 42.5 Å². The quantitative estimate of drug-likeness (QED) is 0.888. The van der Waals surface area contributed by atoms with E-state index in [1.54, 1.807) is 0 Å². The number of rotatable bonds is 5. The van der Waals surface area contributed by atoms with Gasteiger partial charge in [0.25, 0.3) is 0 Å². The molecular formula is C19H19NO3. The third-order valence-electron chi connectivity index (χ3n) is 4.73. The van der Waals surface area contributed by atoms with Gasteiger partial charge in [-0.2, -0.15) is 0 Å². The van der Waals surface area contributed by atoms with Crippen LogP contribution in [-0.2, 0) is 17.8 Å². The lowest BCUT2D eigenvalue weighted by Gasteiger charge is -2.11. The van der Waals surface area contributed by atoms with Crippen LogP contribution in [0.5, 0.6) is 5.75 Å². The highest BCUT2D eigenvalue weighted by atomic mass is 16.5. The topological polar surface area (TPSA) is 58.6 Å². The Hall–Kier alpha value is -2.49. The van der Waals surface area contributed by atoms with E-state index in [-0.39, 0.29) is 11.8 Å². The number of hydrogen-bond acceptors (Lipinski definition) is 3. The number of nitrogens with one attached hydrogen (secondary N) is 1. The van der Waals surface area contributed by atoms with Crippen LogP contribution in [0, 0.1) is 5.92 Å². The van der Waals surface area contributed by atoms with E-state index in [1.165, 1.54) is 11.1 Å². The van der Waals surface area contributed by atoms with Crippen LogP contribution in [0.4, 0.5) is 5.69 Å². The number of aliphatic carboxylic acids is 1. The zero-order valence-electron chi connectivity index (χ0n) is 12.8. The Bertz CT molecular complexity index is 739. The van der Waals surface area contributed by atoms with Gasteiger partial charge in [0.15, 0.2) is 0 Å². The summed E-state index contributed by atoms with van der Waals surface area (Å²) in [6, 6.07) is 14.4. The number of carboxylic acid groups (broad SMARTS) is 1. The Morgan fingerprint density at radius 1 is 1.22 bits per heavy atom. The molecule has 1 saturated carbocycles. The molecule has 1 fully saturated rings. The van der Waals surface area contributed by atoms with Crippen LogP contribution >= 0.6 is 0 Å². The number of carboxylic acids is 1. The second kappa shape index (κ2) is 5.61. The molecule has 0 unspecified atom stereocenters. The molecule has 0 aromatic heterocycles. The molecule has 4 heteroatoms. The predicted molar refractivity (Wildman–Crippen MR) is 87.9 cm³/mol.